The van der Waals surface area contributed by atoms with Crippen LogP contribution in [0.2, 0.25) is 0 Å². The Morgan fingerprint density at radius 2 is 1.93 bits per heavy atom. The molecule has 0 heterocycles. The van der Waals surface area contributed by atoms with E-state index in [4.69, 9.17) is 0 Å². The monoisotopic (exact) mass is 207 g/mol. The quantitative estimate of drug-likeness (QED) is 0.726. The molecular weight excluding hydrogens is 190 g/mol. The first-order valence-corrected chi connectivity index (χ1v) is 5.66. The molecule has 0 bridgehead atoms. The minimum atomic E-state index is 0.370. The third-order valence-corrected chi connectivity index (χ3v) is 3.55. The summed E-state index contributed by atoms with van der Waals surface area (Å²) in [7, 11) is 0. The fourth-order valence-electron chi connectivity index (χ4n) is 2.23. The van der Waals surface area contributed by atoms with Gasteiger partial charge in [0.05, 0.1) is 0 Å². The average Bonchev–Trinajstić information content (AvgIpc) is 2.13. The molecule has 0 atom stereocenters. The summed E-state index contributed by atoms with van der Waals surface area (Å²) in [6, 6.07) is 8.93. The summed E-state index contributed by atoms with van der Waals surface area (Å²) in [5.74, 6) is 0. The molecule has 0 aliphatic heterocycles. The highest BCUT2D eigenvalue weighted by Crippen LogP contribution is 2.43. The van der Waals surface area contributed by atoms with Crippen LogP contribution in [0.1, 0.15) is 30.4 Å². The van der Waals surface area contributed by atoms with Gasteiger partial charge in [0.15, 0.2) is 0 Å². The molecule has 1 aromatic rings. The Hall–Kier alpha value is -0.470. The van der Waals surface area contributed by atoms with E-state index >= 15 is 0 Å². The van der Waals surface area contributed by atoms with Gasteiger partial charge >= 0.3 is 0 Å². The molecule has 0 aromatic heterocycles. The second-order valence-electron chi connectivity index (χ2n) is 4.33. The van der Waals surface area contributed by atoms with Crippen LogP contribution in [0.5, 0.6) is 0 Å². The van der Waals surface area contributed by atoms with E-state index in [1.165, 1.54) is 30.4 Å². The number of thiol groups is 1. The standard InChI is InChI=1S/C12H17NS/c1-10-3-5-11(6-4-10)12(9-13-14)7-2-8-12/h3-6,13-14H,2,7-9H2,1H3. The van der Waals surface area contributed by atoms with Crippen LogP contribution in [0.15, 0.2) is 24.3 Å². The number of nitrogens with one attached hydrogen (secondary N) is 1. The summed E-state index contributed by atoms with van der Waals surface area (Å²) in [4.78, 5) is 0. The van der Waals surface area contributed by atoms with Crippen molar-refractivity contribution in [1.29, 1.82) is 0 Å². The van der Waals surface area contributed by atoms with Crippen molar-refractivity contribution < 1.29 is 0 Å². The van der Waals surface area contributed by atoms with Gasteiger partial charge in [-0.2, -0.15) is 0 Å². The van der Waals surface area contributed by atoms with Crippen molar-refractivity contribution in [3.05, 3.63) is 35.4 Å². The second-order valence-corrected chi connectivity index (χ2v) is 4.65. The topological polar surface area (TPSA) is 12.0 Å². The number of rotatable bonds is 3. The van der Waals surface area contributed by atoms with Crippen LogP contribution < -0.4 is 4.72 Å². The zero-order valence-corrected chi connectivity index (χ0v) is 9.48. The molecule has 0 spiro atoms. The highest BCUT2D eigenvalue weighted by Gasteiger charge is 2.37. The van der Waals surface area contributed by atoms with E-state index in [1.54, 1.807) is 0 Å². The van der Waals surface area contributed by atoms with Crippen LogP contribution >= 0.6 is 12.8 Å². The van der Waals surface area contributed by atoms with Gasteiger partial charge in [-0.3, -0.25) is 4.72 Å². The molecule has 1 aromatic carbocycles. The van der Waals surface area contributed by atoms with Gasteiger partial charge in [0.2, 0.25) is 0 Å². The third kappa shape index (κ3) is 1.69. The fourth-order valence-corrected chi connectivity index (χ4v) is 2.53. The first kappa shape index (κ1) is 10.1. The molecule has 1 nitrogen and oxygen atoms in total. The van der Waals surface area contributed by atoms with E-state index < -0.39 is 0 Å². The van der Waals surface area contributed by atoms with Gasteiger partial charge in [-0.1, -0.05) is 49.1 Å². The van der Waals surface area contributed by atoms with E-state index in [2.05, 4.69) is 48.7 Å². The van der Waals surface area contributed by atoms with E-state index in [0.717, 1.165) is 6.54 Å². The summed E-state index contributed by atoms with van der Waals surface area (Å²) < 4.78 is 3.02. The van der Waals surface area contributed by atoms with Gasteiger partial charge in [-0.25, -0.2) is 0 Å². The summed E-state index contributed by atoms with van der Waals surface area (Å²) >= 11 is 4.12. The molecule has 0 amide bonds. The lowest BCUT2D eigenvalue weighted by molar-refractivity contribution is 0.247. The molecule has 2 heteroatoms. The van der Waals surface area contributed by atoms with Gasteiger partial charge in [0.1, 0.15) is 0 Å². The van der Waals surface area contributed by atoms with Gasteiger partial charge < -0.3 is 0 Å². The number of hydrogen-bond donors (Lipinski definition) is 2. The molecule has 1 aliphatic rings. The van der Waals surface area contributed by atoms with Gasteiger partial charge in [-0.05, 0) is 25.3 Å². The van der Waals surface area contributed by atoms with Gasteiger partial charge in [-0.15, -0.1) is 0 Å². The van der Waals surface area contributed by atoms with Crippen molar-refractivity contribution in [3.8, 4) is 0 Å². The largest absolute Gasteiger partial charge is 0.266 e. The molecule has 2 rings (SSSR count). The third-order valence-electron chi connectivity index (χ3n) is 3.39. The molecule has 14 heavy (non-hydrogen) atoms. The lowest BCUT2D eigenvalue weighted by atomic mass is 9.64. The van der Waals surface area contributed by atoms with Crippen LogP contribution in [-0.4, -0.2) is 6.54 Å². The lowest BCUT2D eigenvalue weighted by Crippen LogP contribution is -2.41. The number of hydrogen-bond acceptors (Lipinski definition) is 2. The molecule has 1 N–H and O–H groups in total. The smallest absolute Gasteiger partial charge is 0.0153 e. The fraction of sp³-hybridized carbons (Fsp3) is 0.500. The van der Waals surface area contributed by atoms with Crippen molar-refractivity contribution in [1.82, 2.24) is 4.72 Å². The maximum atomic E-state index is 4.12. The lowest BCUT2D eigenvalue weighted by Gasteiger charge is -2.42. The van der Waals surface area contributed by atoms with Gasteiger partial charge in [0, 0.05) is 12.0 Å². The SMILES string of the molecule is Cc1ccc(C2(CNS)CCC2)cc1. The minimum absolute atomic E-state index is 0.370. The van der Waals surface area contributed by atoms with Crippen molar-refractivity contribution in [3.63, 3.8) is 0 Å². The van der Waals surface area contributed by atoms with Crippen molar-refractivity contribution in [2.45, 2.75) is 31.6 Å². The molecule has 0 unspecified atom stereocenters. The van der Waals surface area contributed by atoms with Crippen molar-refractivity contribution in [2.75, 3.05) is 6.54 Å². The Labute approximate surface area is 91.5 Å². The Kier molecular flexibility index (Phi) is 2.84. The summed E-state index contributed by atoms with van der Waals surface area (Å²) in [5.41, 5.74) is 3.17. The molecule has 0 saturated heterocycles. The molecule has 0 radical (unpaired) electrons. The second kappa shape index (κ2) is 3.95. The first-order valence-electron chi connectivity index (χ1n) is 5.21. The molecule has 1 saturated carbocycles. The Morgan fingerprint density at radius 3 is 2.36 bits per heavy atom. The minimum Gasteiger partial charge on any atom is -0.266 e. The summed E-state index contributed by atoms with van der Waals surface area (Å²) in [5, 5.41) is 0. The normalized spacial score (nSPS) is 19.0. The Bertz CT molecular complexity index is 301. The summed E-state index contributed by atoms with van der Waals surface area (Å²) in [6.45, 7) is 3.12. The predicted molar refractivity (Wildman–Crippen MR) is 63.7 cm³/mol. The van der Waals surface area contributed by atoms with E-state index in [-0.39, 0.29) is 0 Å². The van der Waals surface area contributed by atoms with Crippen LogP contribution in [0, 0.1) is 6.92 Å². The molecule has 1 aliphatic carbocycles. The average molecular weight is 207 g/mol. The molecule has 1 fully saturated rings. The van der Waals surface area contributed by atoms with Crippen LogP contribution in [0.3, 0.4) is 0 Å². The van der Waals surface area contributed by atoms with Gasteiger partial charge in [0.25, 0.3) is 0 Å². The Balaban J connectivity index is 2.23. The highest BCUT2D eigenvalue weighted by atomic mass is 32.1. The maximum Gasteiger partial charge on any atom is 0.0153 e. The van der Waals surface area contributed by atoms with Crippen LogP contribution in [0.4, 0.5) is 0 Å². The van der Waals surface area contributed by atoms with Crippen molar-refractivity contribution in [2.24, 2.45) is 0 Å². The van der Waals surface area contributed by atoms with E-state index in [9.17, 15) is 0 Å². The van der Waals surface area contributed by atoms with E-state index in [1.807, 2.05) is 0 Å². The molecule has 76 valence electrons. The van der Waals surface area contributed by atoms with Crippen LogP contribution in [-0.2, 0) is 5.41 Å². The van der Waals surface area contributed by atoms with Crippen molar-refractivity contribution >= 4 is 12.8 Å². The van der Waals surface area contributed by atoms with E-state index in [0.29, 0.717) is 5.41 Å². The molecular formula is C12H17NS. The number of aryl methyl sites for hydroxylation is 1. The Morgan fingerprint density at radius 1 is 1.29 bits per heavy atom. The first-order chi connectivity index (χ1) is 6.77. The van der Waals surface area contributed by atoms with Crippen LogP contribution in [0.25, 0.3) is 0 Å². The predicted octanol–water partition coefficient (Wildman–Crippen LogP) is 2.85. The zero-order valence-electron chi connectivity index (χ0n) is 8.59. The maximum absolute atomic E-state index is 4.12. The highest BCUT2D eigenvalue weighted by molar-refractivity contribution is 7.78. The number of benzene rings is 1. The summed E-state index contributed by atoms with van der Waals surface area (Å²) in [6.07, 6.45) is 3.94. The zero-order chi connectivity index (χ0) is 10.0.